The van der Waals surface area contributed by atoms with Crippen molar-refractivity contribution in [2.24, 2.45) is 0 Å². The van der Waals surface area contributed by atoms with Crippen LogP contribution >= 0.6 is 11.6 Å². The molecule has 18 heavy (non-hydrogen) atoms. The Kier molecular flexibility index (Phi) is 3.78. The molecule has 0 unspecified atom stereocenters. The third-order valence-corrected chi connectivity index (χ3v) is 2.19. The number of nitrogens with two attached hydrogens (primary N) is 1. The number of ether oxygens (including phenoxy) is 1. The maximum absolute atomic E-state index is 5.81. The molecule has 0 amide bonds. The number of halogens is 1. The van der Waals surface area contributed by atoms with Crippen LogP contribution in [0.1, 0.15) is 6.92 Å². The van der Waals surface area contributed by atoms with Gasteiger partial charge in [-0.3, -0.25) is 4.98 Å². The summed E-state index contributed by atoms with van der Waals surface area (Å²) < 4.78 is 5.51. The quantitative estimate of drug-likeness (QED) is 0.882. The molecule has 0 aliphatic rings. The smallest absolute Gasteiger partial charge is 0.226 e. The fraction of sp³-hybridized carbons (Fsp3) is 0.182. The molecule has 2 aromatic heterocycles. The molecular formula is C11H12ClN5O. The Morgan fingerprint density at radius 2 is 2.17 bits per heavy atom. The average molecular weight is 266 g/mol. The maximum atomic E-state index is 5.81. The van der Waals surface area contributed by atoms with Gasteiger partial charge in [0.1, 0.15) is 11.6 Å². The zero-order valence-electron chi connectivity index (χ0n) is 9.72. The van der Waals surface area contributed by atoms with E-state index in [9.17, 15) is 0 Å². The van der Waals surface area contributed by atoms with Crippen molar-refractivity contribution in [3.05, 3.63) is 29.5 Å². The van der Waals surface area contributed by atoms with Gasteiger partial charge in [0, 0.05) is 24.9 Å². The lowest BCUT2D eigenvalue weighted by Gasteiger charge is -2.07. The van der Waals surface area contributed by atoms with E-state index in [0.29, 0.717) is 22.5 Å². The number of nitrogens with one attached hydrogen (secondary N) is 1. The zero-order valence-corrected chi connectivity index (χ0v) is 10.5. The summed E-state index contributed by atoms with van der Waals surface area (Å²) in [4.78, 5) is 11.9. The minimum atomic E-state index is 0.137. The summed E-state index contributed by atoms with van der Waals surface area (Å²) in [6.07, 6.45) is 3.06. The normalized spacial score (nSPS) is 10.1. The van der Waals surface area contributed by atoms with E-state index in [0.717, 1.165) is 6.54 Å². The zero-order chi connectivity index (χ0) is 13.0. The third-order valence-electron chi connectivity index (χ3n) is 1.98. The second-order valence-electron chi connectivity index (χ2n) is 3.42. The number of aromatic nitrogens is 3. The van der Waals surface area contributed by atoms with Crippen molar-refractivity contribution < 1.29 is 4.74 Å². The van der Waals surface area contributed by atoms with Crippen LogP contribution in [0.4, 0.5) is 11.8 Å². The molecule has 0 radical (unpaired) electrons. The SMILES string of the molecule is CCNc1cc(Oc2cncc(Cl)c2)nc(N)n1. The van der Waals surface area contributed by atoms with Crippen molar-refractivity contribution in [2.75, 3.05) is 17.6 Å². The highest BCUT2D eigenvalue weighted by molar-refractivity contribution is 6.30. The summed E-state index contributed by atoms with van der Waals surface area (Å²) in [6.45, 7) is 2.69. The van der Waals surface area contributed by atoms with Crippen LogP contribution in [0.25, 0.3) is 0 Å². The van der Waals surface area contributed by atoms with Crippen LogP contribution < -0.4 is 15.8 Å². The number of hydrogen-bond acceptors (Lipinski definition) is 6. The van der Waals surface area contributed by atoms with Crippen LogP contribution in [0, 0.1) is 0 Å². The number of nitrogen functional groups attached to an aromatic ring is 1. The van der Waals surface area contributed by atoms with Crippen molar-refractivity contribution in [3.8, 4) is 11.6 Å². The lowest BCUT2D eigenvalue weighted by Crippen LogP contribution is -2.04. The van der Waals surface area contributed by atoms with Gasteiger partial charge in [0.2, 0.25) is 11.8 Å². The van der Waals surface area contributed by atoms with Gasteiger partial charge in [0.15, 0.2) is 0 Å². The van der Waals surface area contributed by atoms with E-state index >= 15 is 0 Å². The fourth-order valence-corrected chi connectivity index (χ4v) is 1.50. The number of nitrogens with zero attached hydrogens (tertiary/aromatic N) is 3. The topological polar surface area (TPSA) is 86.0 Å². The van der Waals surface area contributed by atoms with Crippen LogP contribution in [0.15, 0.2) is 24.5 Å². The summed E-state index contributed by atoms with van der Waals surface area (Å²) in [6, 6.07) is 3.29. The Hall–Kier alpha value is -2.08. The molecule has 94 valence electrons. The Labute approximate surface area is 109 Å². The molecule has 0 saturated heterocycles. The molecule has 2 heterocycles. The molecular weight excluding hydrogens is 254 g/mol. The first-order chi connectivity index (χ1) is 8.67. The molecule has 2 aromatic rings. The summed E-state index contributed by atoms with van der Waals surface area (Å²) in [7, 11) is 0. The van der Waals surface area contributed by atoms with Crippen LogP contribution in [0.5, 0.6) is 11.6 Å². The molecule has 0 aliphatic heterocycles. The second kappa shape index (κ2) is 5.50. The second-order valence-corrected chi connectivity index (χ2v) is 3.86. The first kappa shape index (κ1) is 12.4. The molecule has 0 saturated carbocycles. The Morgan fingerprint density at radius 3 is 2.89 bits per heavy atom. The van der Waals surface area contributed by atoms with Gasteiger partial charge in [-0.2, -0.15) is 9.97 Å². The van der Waals surface area contributed by atoms with Crippen LogP contribution in [-0.4, -0.2) is 21.5 Å². The maximum Gasteiger partial charge on any atom is 0.226 e. The van der Waals surface area contributed by atoms with E-state index in [1.165, 1.54) is 12.4 Å². The highest BCUT2D eigenvalue weighted by atomic mass is 35.5. The van der Waals surface area contributed by atoms with Crippen LogP contribution in [-0.2, 0) is 0 Å². The van der Waals surface area contributed by atoms with E-state index < -0.39 is 0 Å². The van der Waals surface area contributed by atoms with E-state index in [1.54, 1.807) is 12.1 Å². The number of pyridine rings is 1. The van der Waals surface area contributed by atoms with Gasteiger partial charge < -0.3 is 15.8 Å². The molecule has 0 aliphatic carbocycles. The number of anilines is 2. The van der Waals surface area contributed by atoms with E-state index in [-0.39, 0.29) is 5.95 Å². The summed E-state index contributed by atoms with van der Waals surface area (Å²) in [5.41, 5.74) is 5.59. The van der Waals surface area contributed by atoms with E-state index in [4.69, 9.17) is 22.1 Å². The van der Waals surface area contributed by atoms with Gasteiger partial charge >= 0.3 is 0 Å². The minimum Gasteiger partial charge on any atom is -0.437 e. The first-order valence-electron chi connectivity index (χ1n) is 5.34. The van der Waals surface area contributed by atoms with E-state index in [1.807, 2.05) is 6.92 Å². The van der Waals surface area contributed by atoms with Crippen molar-refractivity contribution >= 4 is 23.4 Å². The molecule has 2 rings (SSSR count). The average Bonchev–Trinajstić information content (AvgIpc) is 2.28. The summed E-state index contributed by atoms with van der Waals surface area (Å²) in [5.74, 6) is 1.57. The monoisotopic (exact) mass is 265 g/mol. The lowest BCUT2D eigenvalue weighted by molar-refractivity contribution is 0.461. The molecule has 0 bridgehead atoms. The van der Waals surface area contributed by atoms with Gasteiger partial charge in [-0.15, -0.1) is 0 Å². The Morgan fingerprint density at radius 1 is 1.33 bits per heavy atom. The molecule has 0 spiro atoms. The molecule has 0 fully saturated rings. The van der Waals surface area contributed by atoms with Gasteiger partial charge in [0.25, 0.3) is 0 Å². The van der Waals surface area contributed by atoms with Gasteiger partial charge in [-0.25, -0.2) is 0 Å². The predicted molar refractivity (Wildman–Crippen MR) is 69.9 cm³/mol. The lowest BCUT2D eigenvalue weighted by atomic mass is 10.4. The van der Waals surface area contributed by atoms with Crippen LogP contribution in [0.3, 0.4) is 0 Å². The number of rotatable bonds is 4. The summed E-state index contributed by atoms with van der Waals surface area (Å²) in [5, 5.41) is 3.52. The molecule has 7 heteroatoms. The molecule has 0 atom stereocenters. The highest BCUT2D eigenvalue weighted by Crippen LogP contribution is 2.23. The first-order valence-corrected chi connectivity index (χ1v) is 5.72. The fourth-order valence-electron chi connectivity index (χ4n) is 1.34. The third kappa shape index (κ3) is 3.21. The highest BCUT2D eigenvalue weighted by Gasteiger charge is 2.05. The van der Waals surface area contributed by atoms with E-state index in [2.05, 4.69) is 20.3 Å². The van der Waals surface area contributed by atoms with Crippen molar-refractivity contribution in [2.45, 2.75) is 6.92 Å². The van der Waals surface area contributed by atoms with Crippen molar-refractivity contribution in [1.29, 1.82) is 0 Å². The minimum absolute atomic E-state index is 0.137. The summed E-state index contributed by atoms with van der Waals surface area (Å²) >= 11 is 5.81. The molecule has 6 nitrogen and oxygen atoms in total. The number of hydrogen-bond donors (Lipinski definition) is 2. The van der Waals surface area contributed by atoms with Gasteiger partial charge in [-0.1, -0.05) is 11.6 Å². The largest absolute Gasteiger partial charge is 0.437 e. The van der Waals surface area contributed by atoms with Gasteiger partial charge in [-0.05, 0) is 6.92 Å². The predicted octanol–water partition coefficient (Wildman–Crippen LogP) is 2.33. The molecule has 0 aromatic carbocycles. The van der Waals surface area contributed by atoms with Gasteiger partial charge in [0.05, 0.1) is 11.2 Å². The standard InChI is InChI=1S/C11H12ClN5O/c1-2-15-9-4-10(17-11(13)16-9)18-8-3-7(12)5-14-6-8/h3-6H,2H2,1H3,(H3,13,15,16,17). The van der Waals surface area contributed by atoms with Crippen molar-refractivity contribution in [3.63, 3.8) is 0 Å². The van der Waals surface area contributed by atoms with Crippen LogP contribution in [0.2, 0.25) is 5.02 Å². The molecule has 3 N–H and O–H groups in total. The Bertz CT molecular complexity index is 549. The van der Waals surface area contributed by atoms with Crippen molar-refractivity contribution in [1.82, 2.24) is 15.0 Å². The Balaban J connectivity index is 2.23.